The van der Waals surface area contributed by atoms with Crippen molar-refractivity contribution in [3.8, 4) is 0 Å². The molecule has 10 atom stereocenters. The third-order valence-corrected chi connectivity index (χ3v) is 11.3. The molecule has 4 saturated heterocycles. The van der Waals surface area contributed by atoms with E-state index in [0.29, 0.717) is 47.2 Å². The molecule has 1 aliphatic carbocycles. The lowest BCUT2D eigenvalue weighted by atomic mass is 9.73. The molecule has 0 aromatic heterocycles. The van der Waals surface area contributed by atoms with Crippen LogP contribution in [0.5, 0.6) is 0 Å². The predicted molar refractivity (Wildman–Crippen MR) is 162 cm³/mol. The lowest BCUT2D eigenvalue weighted by molar-refractivity contribution is -0.279. The number of carbonyl (C=O) groups is 2. The SMILES string of the molecule is CC1=C2O[C@@]34OC5(CCN(C)CC5)O[C@@H]3C2=C(C(=O)C1=O)[C@@H]1O[C@H](CC[C@H](C)/C=C(\C)C[C@@H](C)C[C@@H]4C)[C@H](C)[C@H](O)[C@H]1C. The Morgan fingerprint density at radius 3 is 2.35 bits per heavy atom. The Labute approximate surface area is 256 Å². The van der Waals surface area contributed by atoms with Crippen LogP contribution >= 0.6 is 0 Å². The zero-order valence-corrected chi connectivity index (χ0v) is 27.3. The minimum absolute atomic E-state index is 0.0856. The summed E-state index contributed by atoms with van der Waals surface area (Å²) in [7, 11) is 2.10. The monoisotopic (exact) mass is 597 g/mol. The Morgan fingerprint density at radius 2 is 1.65 bits per heavy atom. The number of ketones is 2. The fraction of sp³-hybridized carbons (Fsp3) is 0.771. The fourth-order valence-corrected chi connectivity index (χ4v) is 8.76. The number of ether oxygens (including phenoxy) is 4. The Kier molecular flexibility index (Phi) is 8.11. The second-order valence-electron chi connectivity index (χ2n) is 14.9. The van der Waals surface area contributed by atoms with Gasteiger partial charge in [0, 0.05) is 60.4 Å². The Morgan fingerprint density at radius 1 is 0.953 bits per heavy atom. The van der Waals surface area contributed by atoms with Gasteiger partial charge in [-0.3, -0.25) is 9.59 Å². The van der Waals surface area contributed by atoms with Crippen molar-refractivity contribution in [1.29, 1.82) is 0 Å². The molecule has 0 saturated carbocycles. The highest BCUT2D eigenvalue weighted by Crippen LogP contribution is 2.59. The second kappa shape index (κ2) is 11.2. The average Bonchev–Trinajstić information content (AvgIpc) is 3.43. The van der Waals surface area contributed by atoms with Crippen LogP contribution in [-0.2, 0) is 28.5 Å². The molecule has 43 heavy (non-hydrogen) atoms. The Hall–Kier alpha value is -1.84. The number of likely N-dealkylation sites (tertiary alicyclic amines) is 1. The van der Waals surface area contributed by atoms with E-state index < -0.39 is 47.4 Å². The van der Waals surface area contributed by atoms with Crippen molar-refractivity contribution in [1.82, 2.24) is 4.90 Å². The van der Waals surface area contributed by atoms with Gasteiger partial charge in [0.2, 0.25) is 17.4 Å². The molecular weight excluding hydrogens is 546 g/mol. The van der Waals surface area contributed by atoms with E-state index in [4.69, 9.17) is 18.9 Å². The number of aliphatic hydroxyl groups is 1. The Bertz CT molecular complexity index is 1260. The summed E-state index contributed by atoms with van der Waals surface area (Å²) in [4.78, 5) is 29.9. The van der Waals surface area contributed by atoms with Crippen LogP contribution < -0.4 is 0 Å². The molecule has 6 rings (SSSR count). The fourth-order valence-electron chi connectivity index (χ4n) is 8.76. The molecule has 8 heteroatoms. The maximum Gasteiger partial charge on any atom is 0.246 e. The van der Waals surface area contributed by atoms with E-state index in [1.165, 1.54) is 5.57 Å². The quantitative estimate of drug-likeness (QED) is 0.234. The Balaban J connectivity index is 1.53. The highest BCUT2D eigenvalue weighted by molar-refractivity contribution is 6.50. The number of hydrogen-bond donors (Lipinski definition) is 1. The number of piperidine rings is 1. The van der Waals surface area contributed by atoms with Crippen LogP contribution in [0.2, 0.25) is 0 Å². The molecular formula is C35H51NO7. The van der Waals surface area contributed by atoms with Crippen molar-refractivity contribution in [2.45, 2.75) is 123 Å². The van der Waals surface area contributed by atoms with Crippen LogP contribution in [-0.4, -0.2) is 77.7 Å². The zero-order chi connectivity index (χ0) is 31.0. The zero-order valence-electron chi connectivity index (χ0n) is 27.3. The van der Waals surface area contributed by atoms with Gasteiger partial charge in [-0.2, -0.15) is 0 Å². The van der Waals surface area contributed by atoms with Gasteiger partial charge in [-0.05, 0) is 58.4 Å². The van der Waals surface area contributed by atoms with Gasteiger partial charge in [-0.25, -0.2) is 0 Å². The minimum Gasteiger partial charge on any atom is -0.458 e. The summed E-state index contributed by atoms with van der Waals surface area (Å²) < 4.78 is 27.7. The second-order valence-corrected chi connectivity index (χ2v) is 14.9. The topological polar surface area (TPSA) is 94.5 Å². The lowest BCUT2D eigenvalue weighted by Gasteiger charge is -2.44. The molecule has 4 fully saturated rings. The third-order valence-electron chi connectivity index (χ3n) is 11.3. The highest BCUT2D eigenvalue weighted by Gasteiger charge is 2.69. The molecule has 4 bridgehead atoms. The van der Waals surface area contributed by atoms with E-state index >= 15 is 0 Å². The summed E-state index contributed by atoms with van der Waals surface area (Å²) in [6.07, 6.45) is 4.85. The van der Waals surface area contributed by atoms with Crippen LogP contribution in [0.15, 0.2) is 34.1 Å². The van der Waals surface area contributed by atoms with Crippen LogP contribution in [0.3, 0.4) is 0 Å². The maximum atomic E-state index is 14.1. The number of Topliss-reactive ketones (excluding diaryl/α,β-unsaturated/α-hetero) is 2. The van der Waals surface area contributed by atoms with Crippen LogP contribution in [0.1, 0.15) is 87.0 Å². The van der Waals surface area contributed by atoms with Crippen LogP contribution in [0, 0.1) is 29.6 Å². The first-order chi connectivity index (χ1) is 20.3. The molecule has 0 radical (unpaired) electrons. The largest absolute Gasteiger partial charge is 0.458 e. The van der Waals surface area contributed by atoms with Crippen molar-refractivity contribution in [3.05, 3.63) is 34.1 Å². The van der Waals surface area contributed by atoms with Crippen LogP contribution in [0.25, 0.3) is 0 Å². The van der Waals surface area contributed by atoms with Gasteiger partial charge in [0.05, 0.1) is 18.3 Å². The summed E-state index contributed by atoms with van der Waals surface area (Å²) >= 11 is 0. The number of carbonyl (C=O) groups excluding carboxylic acids is 2. The first kappa shape index (κ1) is 31.2. The van der Waals surface area contributed by atoms with E-state index in [2.05, 4.69) is 45.7 Å². The molecule has 8 nitrogen and oxygen atoms in total. The standard InChI is InChI=1S/C35H51NO7/c1-18-9-10-25-22(5)28(37)23(6)31(40-25)26-27-32(24(7)29(38)30(26)39)41-35(21(4)17-20(3)16-19(2)15-18)33(27)42-34(43-35)11-13-36(8)14-12-34/h15,18,20-23,25,28,31,33,37H,9-14,16-17H2,1-8H3/b19-15+/t18-,20+,21-,22-,23+,25+,28-,31+,33+,35-/m0/s1. The molecule has 0 aromatic rings. The van der Waals surface area contributed by atoms with Gasteiger partial charge in [0.15, 0.2) is 11.9 Å². The number of allylic oxidation sites excluding steroid dienone is 3. The summed E-state index contributed by atoms with van der Waals surface area (Å²) in [5.41, 5.74) is 2.56. The van der Waals surface area contributed by atoms with Crippen molar-refractivity contribution in [3.63, 3.8) is 0 Å². The third kappa shape index (κ3) is 5.09. The van der Waals surface area contributed by atoms with E-state index in [-0.39, 0.29) is 17.9 Å². The van der Waals surface area contributed by atoms with E-state index in [1.807, 2.05) is 13.8 Å². The van der Waals surface area contributed by atoms with E-state index in [9.17, 15) is 14.7 Å². The first-order valence-electron chi connectivity index (χ1n) is 16.6. The molecule has 1 spiro atoms. The number of rotatable bonds is 0. The maximum absolute atomic E-state index is 14.1. The van der Waals surface area contributed by atoms with Gasteiger partial charge in [-0.1, -0.05) is 46.3 Å². The smallest absolute Gasteiger partial charge is 0.246 e. The molecule has 238 valence electrons. The van der Waals surface area contributed by atoms with Gasteiger partial charge >= 0.3 is 0 Å². The van der Waals surface area contributed by atoms with Crippen molar-refractivity contribution < 1.29 is 33.6 Å². The van der Waals surface area contributed by atoms with Gasteiger partial charge in [-0.15, -0.1) is 0 Å². The summed E-state index contributed by atoms with van der Waals surface area (Å²) in [5, 5.41) is 11.5. The number of fused-ring (bicyclic) bond motifs is 3. The normalized spacial score (nSPS) is 45.2. The van der Waals surface area contributed by atoms with Crippen LogP contribution in [0.4, 0.5) is 0 Å². The molecule has 5 aliphatic heterocycles. The molecule has 0 aromatic carbocycles. The summed E-state index contributed by atoms with van der Waals surface area (Å²) in [6.45, 7) is 16.2. The summed E-state index contributed by atoms with van der Waals surface area (Å²) in [6, 6.07) is 0. The molecule has 0 unspecified atom stereocenters. The molecule has 5 heterocycles. The van der Waals surface area contributed by atoms with E-state index in [1.54, 1.807) is 6.92 Å². The minimum atomic E-state index is -1.17. The summed E-state index contributed by atoms with van der Waals surface area (Å²) in [5.74, 6) is -2.60. The predicted octanol–water partition coefficient (Wildman–Crippen LogP) is 5.10. The van der Waals surface area contributed by atoms with Gasteiger partial charge in [0.25, 0.3) is 0 Å². The molecule has 1 N–H and O–H groups in total. The van der Waals surface area contributed by atoms with Gasteiger partial charge in [0.1, 0.15) is 5.76 Å². The van der Waals surface area contributed by atoms with E-state index in [0.717, 1.165) is 38.8 Å². The first-order valence-corrected chi connectivity index (χ1v) is 16.6. The number of nitrogens with zero attached hydrogens (tertiary/aromatic N) is 1. The van der Waals surface area contributed by atoms with Crippen molar-refractivity contribution in [2.24, 2.45) is 29.6 Å². The van der Waals surface area contributed by atoms with Gasteiger partial charge < -0.3 is 29.0 Å². The molecule has 6 aliphatic rings. The molecule has 0 amide bonds. The lowest BCUT2D eigenvalue weighted by Crippen LogP contribution is -2.52. The average molecular weight is 598 g/mol. The van der Waals surface area contributed by atoms with Crippen molar-refractivity contribution in [2.75, 3.05) is 20.1 Å². The van der Waals surface area contributed by atoms with Crippen molar-refractivity contribution >= 4 is 11.6 Å². The number of hydrogen-bond acceptors (Lipinski definition) is 8. The number of aliphatic hydroxyl groups excluding tert-OH is 1. The highest BCUT2D eigenvalue weighted by atomic mass is 16.8.